The molecule has 2 fully saturated rings. The van der Waals surface area contributed by atoms with E-state index in [2.05, 4.69) is 38.4 Å². The highest BCUT2D eigenvalue weighted by atomic mass is 16.5. The van der Waals surface area contributed by atoms with Gasteiger partial charge < -0.3 is 10.1 Å². The van der Waals surface area contributed by atoms with Crippen molar-refractivity contribution < 1.29 is 4.74 Å². The van der Waals surface area contributed by atoms with E-state index in [0.29, 0.717) is 11.9 Å². The minimum absolute atomic E-state index is 0.0521. The topological polar surface area (TPSA) is 68.1 Å². The van der Waals surface area contributed by atoms with E-state index in [1.54, 1.807) is 0 Å². The number of nitrogens with one attached hydrogen (secondary N) is 1. The van der Waals surface area contributed by atoms with Crippen molar-refractivity contribution in [2.45, 2.75) is 45.4 Å². The predicted molar refractivity (Wildman–Crippen MR) is 99.8 cm³/mol. The highest BCUT2D eigenvalue weighted by Crippen LogP contribution is 2.42. The van der Waals surface area contributed by atoms with Crippen molar-refractivity contribution >= 4 is 5.95 Å². The molecule has 0 saturated carbocycles. The summed E-state index contributed by atoms with van der Waals surface area (Å²) in [7, 11) is 0. The third-order valence-corrected chi connectivity index (χ3v) is 5.56. The lowest BCUT2D eigenvalue weighted by molar-refractivity contribution is -0.136. The average Bonchev–Trinajstić information content (AvgIpc) is 3.24. The molecule has 2 aliphatic rings. The molecule has 140 valence electrons. The largest absolute Gasteiger partial charge is 0.372 e. The number of aromatic nitrogens is 4. The Morgan fingerprint density at radius 3 is 2.81 bits per heavy atom. The zero-order valence-electron chi connectivity index (χ0n) is 15.7. The molecule has 0 aromatic carbocycles. The van der Waals surface area contributed by atoms with Crippen molar-refractivity contribution in [3.05, 3.63) is 35.9 Å². The fraction of sp³-hybridized carbons (Fsp3) is 0.632. The maximum atomic E-state index is 6.18. The number of likely N-dealkylation sites (tertiary alicyclic amines) is 1. The van der Waals surface area contributed by atoms with Crippen LogP contribution in [-0.2, 0) is 17.8 Å². The number of anilines is 1. The molecule has 1 N–H and O–H groups in total. The van der Waals surface area contributed by atoms with Crippen LogP contribution in [0.5, 0.6) is 0 Å². The van der Waals surface area contributed by atoms with Crippen LogP contribution in [-0.4, -0.2) is 56.5 Å². The molecule has 0 bridgehead atoms. The Labute approximate surface area is 154 Å². The van der Waals surface area contributed by atoms with Crippen LogP contribution in [0.1, 0.15) is 30.9 Å². The summed E-state index contributed by atoms with van der Waals surface area (Å²) in [4.78, 5) is 11.1. The van der Waals surface area contributed by atoms with Crippen LogP contribution < -0.4 is 5.32 Å². The van der Waals surface area contributed by atoms with E-state index in [1.807, 2.05) is 30.2 Å². The summed E-state index contributed by atoms with van der Waals surface area (Å²) in [5, 5.41) is 7.71. The van der Waals surface area contributed by atoms with Gasteiger partial charge in [0.1, 0.15) is 0 Å². The quantitative estimate of drug-likeness (QED) is 0.819. The second-order valence-electron chi connectivity index (χ2n) is 7.55. The molecule has 4 rings (SSSR count). The molecular weight excluding hydrogens is 328 g/mol. The molecule has 2 aromatic rings. The Morgan fingerprint density at radius 2 is 2.08 bits per heavy atom. The maximum absolute atomic E-state index is 6.18. The Morgan fingerprint density at radius 1 is 1.27 bits per heavy atom. The summed E-state index contributed by atoms with van der Waals surface area (Å²) in [5.41, 5.74) is 2.42. The van der Waals surface area contributed by atoms with Gasteiger partial charge in [-0.3, -0.25) is 9.58 Å². The van der Waals surface area contributed by atoms with Gasteiger partial charge in [0.25, 0.3) is 0 Å². The van der Waals surface area contributed by atoms with E-state index < -0.39 is 0 Å². The molecule has 0 radical (unpaired) electrons. The normalized spacial score (nSPS) is 21.8. The lowest BCUT2D eigenvalue weighted by Gasteiger charge is -2.50. The summed E-state index contributed by atoms with van der Waals surface area (Å²) >= 11 is 0. The average molecular weight is 356 g/mol. The predicted octanol–water partition coefficient (Wildman–Crippen LogP) is 2.09. The second kappa shape index (κ2) is 7.32. The van der Waals surface area contributed by atoms with E-state index in [9.17, 15) is 0 Å². The first-order valence-electron chi connectivity index (χ1n) is 9.57. The number of aryl methyl sites for hydroxylation is 2. The first kappa shape index (κ1) is 17.4. The number of hydrogen-bond donors (Lipinski definition) is 1. The number of hydrogen-bond acceptors (Lipinski definition) is 6. The van der Waals surface area contributed by atoms with Crippen LogP contribution in [0.3, 0.4) is 0 Å². The fourth-order valence-electron chi connectivity index (χ4n) is 4.13. The molecule has 0 amide bonds. The minimum Gasteiger partial charge on any atom is -0.372 e. The molecule has 2 saturated heterocycles. The third kappa shape index (κ3) is 3.59. The van der Waals surface area contributed by atoms with E-state index in [0.717, 1.165) is 57.7 Å². The van der Waals surface area contributed by atoms with E-state index in [1.165, 1.54) is 5.56 Å². The lowest BCUT2D eigenvalue weighted by atomic mass is 9.79. The first-order chi connectivity index (χ1) is 12.7. The Balaban J connectivity index is 1.25. The summed E-state index contributed by atoms with van der Waals surface area (Å²) in [5.74, 6) is 1.32. The summed E-state index contributed by atoms with van der Waals surface area (Å²) in [6, 6.07) is 0. The summed E-state index contributed by atoms with van der Waals surface area (Å²) in [6.45, 7) is 9.82. The molecule has 7 heteroatoms. The van der Waals surface area contributed by atoms with E-state index in [-0.39, 0.29) is 5.60 Å². The monoisotopic (exact) mass is 356 g/mol. The maximum Gasteiger partial charge on any atom is 0.222 e. The van der Waals surface area contributed by atoms with Crippen molar-refractivity contribution in [1.29, 1.82) is 0 Å². The van der Waals surface area contributed by atoms with Gasteiger partial charge in [-0.2, -0.15) is 5.10 Å². The third-order valence-electron chi connectivity index (χ3n) is 5.56. The molecule has 26 heavy (non-hydrogen) atoms. The molecule has 0 unspecified atom stereocenters. The Hall–Kier alpha value is -1.99. The van der Waals surface area contributed by atoms with Gasteiger partial charge >= 0.3 is 0 Å². The van der Waals surface area contributed by atoms with Crippen molar-refractivity contribution in [3.8, 4) is 0 Å². The van der Waals surface area contributed by atoms with Gasteiger partial charge in [0.15, 0.2) is 0 Å². The van der Waals surface area contributed by atoms with Crippen LogP contribution in [0.25, 0.3) is 0 Å². The molecule has 7 nitrogen and oxygen atoms in total. The van der Waals surface area contributed by atoms with Crippen LogP contribution in [0.2, 0.25) is 0 Å². The summed E-state index contributed by atoms with van der Waals surface area (Å²) in [6.07, 6.45) is 10.1. The van der Waals surface area contributed by atoms with Gasteiger partial charge in [-0.15, -0.1) is 0 Å². The van der Waals surface area contributed by atoms with Crippen molar-refractivity contribution in [2.24, 2.45) is 5.92 Å². The van der Waals surface area contributed by atoms with Crippen LogP contribution in [0.15, 0.2) is 24.8 Å². The Kier molecular flexibility index (Phi) is 4.91. The molecule has 0 aliphatic carbocycles. The SMILES string of the molecule is CCn1cc(CN2CC3(C2)OCC[C@@H]3CCNc2ncc(C)cn2)cn1. The highest BCUT2D eigenvalue weighted by Gasteiger charge is 2.52. The van der Waals surface area contributed by atoms with Gasteiger partial charge in [0, 0.05) is 63.5 Å². The zero-order valence-corrected chi connectivity index (χ0v) is 15.7. The number of ether oxygens (including phenoxy) is 1. The number of rotatable bonds is 7. The van der Waals surface area contributed by atoms with Gasteiger partial charge in [0.05, 0.1) is 11.8 Å². The first-order valence-corrected chi connectivity index (χ1v) is 9.57. The Bertz CT molecular complexity index is 722. The van der Waals surface area contributed by atoms with Crippen molar-refractivity contribution in [2.75, 3.05) is 31.6 Å². The standard InChI is InChI=1S/C19H28N6O/c1-3-25-12-16(10-23-25)11-24-13-19(14-24)17(5-7-26-19)4-6-20-18-21-8-15(2)9-22-18/h8-10,12,17H,3-7,11,13-14H2,1-2H3,(H,20,21,22)/t17-/m0/s1. The highest BCUT2D eigenvalue weighted by molar-refractivity contribution is 5.24. The van der Waals surface area contributed by atoms with Crippen LogP contribution in [0.4, 0.5) is 5.95 Å². The second-order valence-corrected chi connectivity index (χ2v) is 7.55. The molecular formula is C19H28N6O. The molecule has 2 aliphatic heterocycles. The molecule has 2 aromatic heterocycles. The lowest BCUT2D eigenvalue weighted by Crippen LogP contribution is -2.64. The van der Waals surface area contributed by atoms with E-state index in [4.69, 9.17) is 4.74 Å². The zero-order chi connectivity index (χ0) is 18.0. The van der Waals surface area contributed by atoms with Crippen molar-refractivity contribution in [3.63, 3.8) is 0 Å². The van der Waals surface area contributed by atoms with Gasteiger partial charge in [-0.1, -0.05) is 0 Å². The van der Waals surface area contributed by atoms with Crippen LogP contribution in [0, 0.1) is 12.8 Å². The fourth-order valence-corrected chi connectivity index (χ4v) is 4.13. The van der Waals surface area contributed by atoms with E-state index >= 15 is 0 Å². The molecule has 4 heterocycles. The van der Waals surface area contributed by atoms with Crippen LogP contribution >= 0.6 is 0 Å². The summed E-state index contributed by atoms with van der Waals surface area (Å²) < 4.78 is 8.17. The van der Waals surface area contributed by atoms with Gasteiger partial charge in [-0.25, -0.2) is 9.97 Å². The molecule has 1 atom stereocenters. The molecule has 1 spiro atoms. The van der Waals surface area contributed by atoms with Gasteiger partial charge in [0.2, 0.25) is 5.95 Å². The smallest absolute Gasteiger partial charge is 0.222 e. The minimum atomic E-state index is 0.0521. The number of nitrogens with zero attached hydrogens (tertiary/aromatic N) is 5. The van der Waals surface area contributed by atoms with Gasteiger partial charge in [-0.05, 0) is 38.2 Å². The van der Waals surface area contributed by atoms with Crippen molar-refractivity contribution in [1.82, 2.24) is 24.6 Å².